The molecule has 7 nitrogen and oxygen atoms in total. The van der Waals surface area contributed by atoms with Crippen LogP contribution >= 0.6 is 7.60 Å². The van der Waals surface area contributed by atoms with Gasteiger partial charge < -0.3 is 24.0 Å². The number of hydrogen-bond acceptors (Lipinski definition) is 6. The van der Waals surface area contributed by atoms with Gasteiger partial charge in [-0.2, -0.15) is 0 Å². The number of ketones is 1. The first-order valence-corrected chi connectivity index (χ1v) is 11.7. The molecule has 1 unspecified atom stereocenters. The topological polar surface area (TPSA) is 102 Å². The summed E-state index contributed by atoms with van der Waals surface area (Å²) in [4.78, 5) is 22.1. The average molecular weight is 446 g/mol. The van der Waals surface area contributed by atoms with Crippen LogP contribution in [0, 0.1) is 6.92 Å². The third kappa shape index (κ3) is 5.37. The van der Waals surface area contributed by atoms with E-state index in [9.17, 15) is 19.4 Å². The minimum Gasteiger partial charge on any atom is -0.507 e. The second-order valence-corrected chi connectivity index (χ2v) is 9.25. The van der Waals surface area contributed by atoms with Crippen molar-refractivity contribution < 1.29 is 33.4 Å². The Morgan fingerprint density at radius 2 is 1.94 bits per heavy atom. The van der Waals surface area contributed by atoms with E-state index in [-0.39, 0.29) is 18.1 Å². The fraction of sp³-hybridized carbons (Fsp3) is 0.348. The molecule has 1 aliphatic rings. The molecule has 31 heavy (non-hydrogen) atoms. The van der Waals surface area contributed by atoms with Crippen molar-refractivity contribution >= 4 is 13.4 Å². The minimum absolute atomic E-state index is 0.0268. The fourth-order valence-electron chi connectivity index (χ4n) is 3.72. The molecule has 0 saturated heterocycles. The van der Waals surface area contributed by atoms with Crippen LogP contribution in [-0.4, -0.2) is 35.8 Å². The maximum absolute atomic E-state index is 12.2. The lowest BCUT2D eigenvalue weighted by Crippen LogP contribution is -2.05. The van der Waals surface area contributed by atoms with Crippen LogP contribution < -0.4 is 9.26 Å². The number of fused-ring (bicyclic) bond motifs is 1. The lowest BCUT2D eigenvalue weighted by molar-refractivity contribution is 0.0992. The first-order chi connectivity index (χ1) is 14.7. The predicted octanol–water partition coefficient (Wildman–Crippen LogP) is 4.57. The molecule has 0 aromatic heterocycles. The molecule has 3 rings (SSSR count). The van der Waals surface area contributed by atoms with Crippen molar-refractivity contribution in [3.05, 3.63) is 64.2 Å². The molecule has 0 aliphatic heterocycles. The number of aromatic hydroxyl groups is 1. The van der Waals surface area contributed by atoms with E-state index in [1.54, 1.807) is 37.4 Å². The monoisotopic (exact) mass is 446 g/mol. The minimum atomic E-state index is -3.94. The molecule has 1 atom stereocenters. The van der Waals surface area contributed by atoms with Gasteiger partial charge in [-0.15, -0.1) is 0 Å². The van der Waals surface area contributed by atoms with Gasteiger partial charge in [0.05, 0.1) is 19.3 Å². The van der Waals surface area contributed by atoms with Crippen molar-refractivity contribution in [2.45, 2.75) is 33.1 Å². The number of hydrogen-bond donors (Lipinski definition) is 2. The molecule has 8 heteroatoms. The molecule has 0 fully saturated rings. The average Bonchev–Trinajstić information content (AvgIpc) is 3.12. The quantitative estimate of drug-likeness (QED) is 0.430. The molecule has 2 N–H and O–H groups in total. The highest BCUT2D eigenvalue weighted by atomic mass is 31.2. The van der Waals surface area contributed by atoms with Gasteiger partial charge >= 0.3 is 7.60 Å². The van der Waals surface area contributed by atoms with Crippen molar-refractivity contribution in [2.24, 2.45) is 0 Å². The van der Waals surface area contributed by atoms with E-state index in [0.29, 0.717) is 41.9 Å². The third-order valence-electron chi connectivity index (χ3n) is 5.21. The molecule has 0 bridgehead atoms. The zero-order valence-corrected chi connectivity index (χ0v) is 18.8. The summed E-state index contributed by atoms with van der Waals surface area (Å²) < 4.78 is 28.1. The van der Waals surface area contributed by atoms with Crippen molar-refractivity contribution in [1.82, 2.24) is 0 Å². The van der Waals surface area contributed by atoms with Crippen LogP contribution in [0.3, 0.4) is 0 Å². The van der Waals surface area contributed by atoms with Crippen LogP contribution in [0.1, 0.15) is 40.4 Å². The molecule has 166 valence electrons. The molecule has 0 amide bonds. The Morgan fingerprint density at radius 3 is 2.61 bits per heavy atom. The molecule has 0 radical (unpaired) electrons. The van der Waals surface area contributed by atoms with Gasteiger partial charge in [-0.05, 0) is 49.9 Å². The van der Waals surface area contributed by atoms with Crippen molar-refractivity contribution in [3.63, 3.8) is 0 Å². The highest BCUT2D eigenvalue weighted by Crippen LogP contribution is 2.43. The summed E-state index contributed by atoms with van der Waals surface area (Å²) in [5.41, 5.74) is 3.47. The van der Waals surface area contributed by atoms with Crippen molar-refractivity contribution in [2.75, 3.05) is 20.1 Å². The maximum Gasteiger partial charge on any atom is 0.402 e. The number of benzene rings is 2. The summed E-state index contributed by atoms with van der Waals surface area (Å²) in [6.07, 6.45) is 2.73. The zero-order valence-electron chi connectivity index (χ0n) is 17.9. The van der Waals surface area contributed by atoms with E-state index in [0.717, 1.165) is 16.7 Å². The summed E-state index contributed by atoms with van der Waals surface area (Å²) in [6, 6.07) is 8.39. The smallest absolute Gasteiger partial charge is 0.402 e. The molecule has 0 saturated carbocycles. The van der Waals surface area contributed by atoms with Crippen LogP contribution in [-0.2, 0) is 22.1 Å². The molecule has 2 aromatic rings. The summed E-state index contributed by atoms with van der Waals surface area (Å²) in [6.45, 7) is 3.83. The normalized spacial score (nSPS) is 15.5. The Hall–Kier alpha value is -2.60. The first-order valence-electron chi connectivity index (χ1n) is 9.97. The van der Waals surface area contributed by atoms with Gasteiger partial charge in [0.15, 0.2) is 12.1 Å². The number of phenolic OH excluding ortho intramolecular Hbond substituents is 1. The Labute approximate surface area is 181 Å². The van der Waals surface area contributed by atoms with Crippen LogP contribution in [0.2, 0.25) is 0 Å². The van der Waals surface area contributed by atoms with Gasteiger partial charge in [0, 0.05) is 12.0 Å². The molecular weight excluding hydrogens is 419 g/mol. The highest BCUT2D eigenvalue weighted by Gasteiger charge is 2.30. The van der Waals surface area contributed by atoms with Gasteiger partial charge in [0.2, 0.25) is 0 Å². The van der Waals surface area contributed by atoms with Gasteiger partial charge in [-0.1, -0.05) is 29.8 Å². The van der Waals surface area contributed by atoms with E-state index in [1.807, 2.05) is 19.9 Å². The number of carbonyl (C=O) groups excluding carboxylic acids is 1. The van der Waals surface area contributed by atoms with E-state index < -0.39 is 13.9 Å². The van der Waals surface area contributed by atoms with Crippen molar-refractivity contribution in [1.29, 1.82) is 0 Å². The summed E-state index contributed by atoms with van der Waals surface area (Å²) in [7, 11) is -2.40. The van der Waals surface area contributed by atoms with Crippen LogP contribution in [0.25, 0.3) is 0 Å². The molecular formula is C23H27O7P. The van der Waals surface area contributed by atoms with Gasteiger partial charge in [0.1, 0.15) is 17.2 Å². The van der Waals surface area contributed by atoms with E-state index >= 15 is 0 Å². The SMILES string of the molecule is COc1c(C)c2c(c(O)c1C/C=C(\C)COCP(=O)(O)Oc1ccccc1)C(=O)CC2. The summed E-state index contributed by atoms with van der Waals surface area (Å²) in [5, 5.41) is 10.7. The van der Waals surface area contributed by atoms with E-state index in [4.69, 9.17) is 14.0 Å². The van der Waals surface area contributed by atoms with E-state index in [2.05, 4.69) is 0 Å². The van der Waals surface area contributed by atoms with Crippen molar-refractivity contribution in [3.8, 4) is 17.2 Å². The standard InChI is InChI=1S/C23H27O7P/c1-15(13-29-14-31(26,27)30-17-7-5-4-6-8-17)9-10-19-22(25)21-18(11-12-20(21)24)16(2)23(19)28-3/h4-9,25H,10-14H2,1-3H3,(H,26,27)/b15-9+. The highest BCUT2D eigenvalue weighted by molar-refractivity contribution is 7.53. The largest absolute Gasteiger partial charge is 0.507 e. The first kappa shape index (κ1) is 23.1. The summed E-state index contributed by atoms with van der Waals surface area (Å²) in [5.74, 6) is 0.794. The van der Waals surface area contributed by atoms with Gasteiger partial charge in [-0.25, -0.2) is 4.57 Å². The number of rotatable bonds is 9. The van der Waals surface area contributed by atoms with E-state index in [1.165, 1.54) is 0 Å². The number of para-hydroxylation sites is 1. The lowest BCUT2D eigenvalue weighted by atomic mass is 9.95. The van der Waals surface area contributed by atoms with Crippen LogP contribution in [0.15, 0.2) is 42.0 Å². The number of allylic oxidation sites excluding steroid dienone is 1. The fourth-order valence-corrected chi connectivity index (χ4v) is 4.55. The van der Waals surface area contributed by atoms with Crippen LogP contribution in [0.5, 0.6) is 17.2 Å². The second-order valence-electron chi connectivity index (χ2n) is 7.54. The number of methoxy groups -OCH3 is 1. The second kappa shape index (κ2) is 9.69. The third-order valence-corrected chi connectivity index (χ3v) is 6.21. The Balaban J connectivity index is 1.65. The molecule has 1 aliphatic carbocycles. The number of phenols is 1. The number of carbonyl (C=O) groups is 1. The van der Waals surface area contributed by atoms with Gasteiger partial charge in [0.25, 0.3) is 0 Å². The van der Waals surface area contributed by atoms with Gasteiger partial charge in [-0.3, -0.25) is 4.79 Å². The Kier molecular flexibility index (Phi) is 7.21. The number of Topliss-reactive ketones (excluding diaryl/α,β-unsaturated/α-hetero) is 1. The Bertz CT molecular complexity index is 1040. The molecule has 0 heterocycles. The van der Waals surface area contributed by atoms with Crippen LogP contribution in [0.4, 0.5) is 0 Å². The number of ether oxygens (including phenoxy) is 2. The zero-order chi connectivity index (χ0) is 22.6. The predicted molar refractivity (Wildman–Crippen MR) is 117 cm³/mol. The maximum atomic E-state index is 12.2. The Morgan fingerprint density at radius 1 is 1.23 bits per heavy atom. The molecule has 0 spiro atoms. The lowest BCUT2D eigenvalue weighted by Gasteiger charge is -2.17. The molecule has 2 aromatic carbocycles. The summed E-state index contributed by atoms with van der Waals surface area (Å²) >= 11 is 0.